The van der Waals surface area contributed by atoms with Crippen molar-refractivity contribution < 1.29 is 17.9 Å². The van der Waals surface area contributed by atoms with Crippen LogP contribution in [0.2, 0.25) is 0 Å². The minimum absolute atomic E-state index is 0. The van der Waals surface area contributed by atoms with Gasteiger partial charge in [-0.1, -0.05) is 6.07 Å². The zero-order valence-electron chi connectivity index (χ0n) is 7.67. The van der Waals surface area contributed by atoms with Crippen LogP contribution in [-0.4, -0.2) is 15.2 Å². The van der Waals surface area contributed by atoms with E-state index >= 15 is 0 Å². The summed E-state index contributed by atoms with van der Waals surface area (Å²) in [5, 5.41) is 5.04. The number of hydrogen-bond acceptors (Lipinski definition) is 4. The quantitative estimate of drug-likeness (QED) is 0.794. The van der Waals surface area contributed by atoms with Gasteiger partial charge < -0.3 is 9.47 Å². The van der Waals surface area contributed by atoms with Gasteiger partial charge >= 0.3 is 0 Å². The average Bonchev–Trinajstić information content (AvgIpc) is 2.15. The first-order valence-corrected chi connectivity index (χ1v) is 5.49. The zero-order chi connectivity index (χ0) is 10.2. The molecule has 5 nitrogen and oxygen atoms in total. The number of hydrogen-bond donors (Lipinski definition) is 1. The van der Waals surface area contributed by atoms with Gasteiger partial charge in [0.1, 0.15) is 5.75 Å². The molecule has 1 aromatic rings. The van der Waals surface area contributed by atoms with Crippen LogP contribution in [0.1, 0.15) is 5.56 Å². The Labute approximate surface area is 93.6 Å². The van der Waals surface area contributed by atoms with Crippen molar-refractivity contribution in [2.24, 2.45) is 5.14 Å². The van der Waals surface area contributed by atoms with Crippen molar-refractivity contribution in [3.8, 4) is 5.75 Å². The Bertz CT molecular complexity index is 460. The molecule has 0 aromatic heterocycles. The van der Waals surface area contributed by atoms with Crippen LogP contribution >= 0.6 is 12.4 Å². The summed E-state index contributed by atoms with van der Waals surface area (Å²) < 4.78 is 32.4. The number of halogens is 1. The molecular weight excluding hydrogens is 242 g/mol. The lowest BCUT2D eigenvalue weighted by Gasteiger charge is -2.19. The summed E-state index contributed by atoms with van der Waals surface area (Å²) in [5.41, 5.74) is 0.487. The van der Waals surface area contributed by atoms with Crippen LogP contribution in [-0.2, 0) is 21.4 Å². The lowest BCUT2D eigenvalue weighted by Crippen LogP contribution is -2.19. The molecule has 1 aliphatic heterocycles. The second kappa shape index (κ2) is 4.36. The normalized spacial score (nSPS) is 14.7. The van der Waals surface area contributed by atoms with Gasteiger partial charge in [-0.3, -0.25) is 0 Å². The summed E-state index contributed by atoms with van der Waals surface area (Å²) in [4.78, 5) is 0.0645. The Morgan fingerprint density at radius 1 is 1.33 bits per heavy atom. The van der Waals surface area contributed by atoms with Crippen LogP contribution in [0.4, 0.5) is 0 Å². The van der Waals surface area contributed by atoms with Crippen LogP contribution in [0.25, 0.3) is 0 Å². The number of benzene rings is 1. The third-order valence-electron chi connectivity index (χ3n) is 1.94. The van der Waals surface area contributed by atoms with Crippen LogP contribution in [0.3, 0.4) is 0 Å². The minimum atomic E-state index is -3.70. The molecule has 0 spiro atoms. The summed E-state index contributed by atoms with van der Waals surface area (Å²) in [6.07, 6.45) is 0. The van der Waals surface area contributed by atoms with Gasteiger partial charge in [0, 0.05) is 5.56 Å². The SMILES string of the molecule is Cl.NS(=O)(=O)c1cccc2c1COCO2. The molecule has 84 valence electrons. The second-order valence-electron chi connectivity index (χ2n) is 2.89. The molecule has 0 saturated carbocycles. The topological polar surface area (TPSA) is 78.6 Å². The Morgan fingerprint density at radius 2 is 2.07 bits per heavy atom. The van der Waals surface area contributed by atoms with E-state index in [0.29, 0.717) is 11.3 Å². The van der Waals surface area contributed by atoms with E-state index in [0.717, 1.165) is 0 Å². The lowest BCUT2D eigenvalue weighted by molar-refractivity contribution is -0.0179. The van der Waals surface area contributed by atoms with Crippen molar-refractivity contribution in [1.29, 1.82) is 0 Å². The first-order chi connectivity index (χ1) is 6.59. The van der Waals surface area contributed by atoms with Gasteiger partial charge in [0.25, 0.3) is 0 Å². The molecule has 2 rings (SSSR count). The van der Waals surface area contributed by atoms with Gasteiger partial charge in [-0.15, -0.1) is 12.4 Å². The number of sulfonamides is 1. The molecule has 0 radical (unpaired) electrons. The average molecular weight is 252 g/mol. The zero-order valence-corrected chi connectivity index (χ0v) is 9.31. The van der Waals surface area contributed by atoms with E-state index in [1.807, 2.05) is 0 Å². The van der Waals surface area contributed by atoms with E-state index in [2.05, 4.69) is 0 Å². The van der Waals surface area contributed by atoms with Crippen LogP contribution in [0.5, 0.6) is 5.75 Å². The molecule has 0 unspecified atom stereocenters. The number of primary sulfonamides is 1. The van der Waals surface area contributed by atoms with E-state index in [4.69, 9.17) is 14.6 Å². The van der Waals surface area contributed by atoms with Gasteiger partial charge in [0.05, 0.1) is 11.5 Å². The van der Waals surface area contributed by atoms with Gasteiger partial charge in [0.2, 0.25) is 10.0 Å². The fraction of sp³-hybridized carbons (Fsp3) is 0.250. The Morgan fingerprint density at radius 3 is 2.73 bits per heavy atom. The summed E-state index contributed by atoms with van der Waals surface area (Å²) in [5.74, 6) is 0.516. The summed E-state index contributed by atoms with van der Waals surface area (Å²) in [6.45, 7) is 0.350. The van der Waals surface area contributed by atoms with E-state index < -0.39 is 10.0 Å². The predicted octanol–water partition coefficient (Wildman–Crippen LogP) is 0.622. The lowest BCUT2D eigenvalue weighted by atomic mass is 10.2. The van der Waals surface area contributed by atoms with Crippen LogP contribution in [0.15, 0.2) is 23.1 Å². The molecule has 1 aliphatic rings. The molecule has 0 atom stereocenters. The predicted molar refractivity (Wildman–Crippen MR) is 55.3 cm³/mol. The maximum absolute atomic E-state index is 11.2. The Balaban J connectivity index is 0.00000112. The molecule has 0 saturated heterocycles. The fourth-order valence-electron chi connectivity index (χ4n) is 1.34. The Kier molecular flexibility index (Phi) is 3.56. The maximum atomic E-state index is 11.2. The second-order valence-corrected chi connectivity index (χ2v) is 4.42. The van der Waals surface area contributed by atoms with Gasteiger partial charge in [-0.25, -0.2) is 13.6 Å². The summed E-state index contributed by atoms with van der Waals surface area (Å²) >= 11 is 0. The van der Waals surface area contributed by atoms with Crippen molar-refractivity contribution in [3.63, 3.8) is 0 Å². The van der Waals surface area contributed by atoms with Crippen molar-refractivity contribution in [3.05, 3.63) is 23.8 Å². The minimum Gasteiger partial charge on any atom is -0.467 e. The number of ether oxygens (including phenoxy) is 2. The summed E-state index contributed by atoms with van der Waals surface area (Å²) in [7, 11) is -3.70. The molecule has 1 aromatic carbocycles. The third kappa shape index (κ3) is 2.40. The highest BCUT2D eigenvalue weighted by Crippen LogP contribution is 2.28. The highest BCUT2D eigenvalue weighted by molar-refractivity contribution is 7.89. The van der Waals surface area contributed by atoms with Crippen LogP contribution < -0.4 is 9.88 Å². The molecule has 15 heavy (non-hydrogen) atoms. The van der Waals surface area contributed by atoms with Crippen molar-refractivity contribution in [2.45, 2.75) is 11.5 Å². The number of nitrogens with two attached hydrogens (primary N) is 1. The molecule has 0 fully saturated rings. The first kappa shape index (κ1) is 12.3. The van der Waals surface area contributed by atoms with Gasteiger partial charge in [0.15, 0.2) is 6.79 Å². The summed E-state index contributed by atoms with van der Waals surface area (Å²) in [6, 6.07) is 4.71. The molecule has 0 amide bonds. The van der Waals surface area contributed by atoms with Gasteiger partial charge in [-0.2, -0.15) is 0 Å². The highest BCUT2D eigenvalue weighted by Gasteiger charge is 2.20. The first-order valence-electron chi connectivity index (χ1n) is 3.94. The molecule has 0 aliphatic carbocycles. The molecular formula is C8H10ClNO4S. The molecule has 0 bridgehead atoms. The van der Waals surface area contributed by atoms with Gasteiger partial charge in [-0.05, 0) is 12.1 Å². The number of fused-ring (bicyclic) bond motifs is 1. The molecule has 2 N–H and O–H groups in total. The smallest absolute Gasteiger partial charge is 0.238 e. The Hall–Kier alpha value is -0.820. The van der Waals surface area contributed by atoms with Crippen LogP contribution in [0, 0.1) is 0 Å². The van der Waals surface area contributed by atoms with E-state index in [9.17, 15) is 8.42 Å². The third-order valence-corrected chi connectivity index (χ3v) is 2.94. The molecule has 7 heteroatoms. The van der Waals surface area contributed by atoms with Crippen molar-refractivity contribution in [2.75, 3.05) is 6.79 Å². The molecule has 1 heterocycles. The fourth-order valence-corrected chi connectivity index (χ4v) is 2.11. The standard InChI is InChI=1S/C8H9NO4S.ClH/c9-14(10,11)8-3-1-2-7-6(8)4-12-5-13-7;/h1-3H,4-5H2,(H2,9,10,11);1H. The monoisotopic (exact) mass is 251 g/mol. The number of rotatable bonds is 1. The largest absolute Gasteiger partial charge is 0.467 e. The van der Waals surface area contributed by atoms with Crippen molar-refractivity contribution in [1.82, 2.24) is 0 Å². The van der Waals surface area contributed by atoms with E-state index in [-0.39, 0.29) is 30.7 Å². The van der Waals surface area contributed by atoms with Crippen molar-refractivity contribution >= 4 is 22.4 Å². The highest BCUT2D eigenvalue weighted by atomic mass is 35.5. The van der Waals surface area contributed by atoms with E-state index in [1.54, 1.807) is 12.1 Å². The van der Waals surface area contributed by atoms with E-state index in [1.165, 1.54) is 6.07 Å². The maximum Gasteiger partial charge on any atom is 0.238 e.